The van der Waals surface area contributed by atoms with Crippen LogP contribution in [0.2, 0.25) is 0 Å². The summed E-state index contributed by atoms with van der Waals surface area (Å²) in [7, 11) is 0. The highest BCUT2D eigenvalue weighted by atomic mass is 15.3. The lowest BCUT2D eigenvalue weighted by Crippen LogP contribution is -2.09. The Morgan fingerprint density at radius 2 is 1.73 bits per heavy atom. The van der Waals surface area contributed by atoms with Crippen LogP contribution >= 0.6 is 0 Å². The second-order valence-electron chi connectivity index (χ2n) is 7.13. The maximum atomic E-state index is 4.43. The van der Waals surface area contributed by atoms with Gasteiger partial charge in [-0.3, -0.25) is 0 Å². The van der Waals surface area contributed by atoms with E-state index in [9.17, 15) is 0 Å². The van der Waals surface area contributed by atoms with Crippen molar-refractivity contribution >= 4 is 27.3 Å². The van der Waals surface area contributed by atoms with Crippen molar-refractivity contribution in [3.63, 3.8) is 0 Å². The standard InChI is InChI=1S/C19H19N3/c1-19(2,3)11-13-8-9-17-16(10-13)14-6-4-5-7-15(14)18-20-12-21-22(17)18/h4-10,12H,11H2,1-3H3. The average Bonchev–Trinajstić information content (AvgIpc) is 2.95. The van der Waals surface area contributed by atoms with Gasteiger partial charge in [-0.2, -0.15) is 5.10 Å². The molecule has 2 aromatic carbocycles. The zero-order valence-electron chi connectivity index (χ0n) is 13.2. The molecule has 4 aromatic rings. The topological polar surface area (TPSA) is 30.2 Å². The molecule has 0 spiro atoms. The Labute approximate surface area is 129 Å². The van der Waals surface area contributed by atoms with Gasteiger partial charge in [-0.25, -0.2) is 9.50 Å². The molecular formula is C19H19N3. The predicted molar refractivity (Wildman–Crippen MR) is 91.2 cm³/mol. The maximum absolute atomic E-state index is 4.43. The van der Waals surface area contributed by atoms with Gasteiger partial charge in [0.15, 0.2) is 5.65 Å². The first kappa shape index (κ1) is 13.3. The highest BCUT2D eigenvalue weighted by Gasteiger charge is 2.14. The number of aromatic nitrogens is 3. The monoisotopic (exact) mass is 289 g/mol. The van der Waals surface area contributed by atoms with Crippen molar-refractivity contribution in [1.29, 1.82) is 0 Å². The van der Waals surface area contributed by atoms with Crippen LogP contribution in [-0.4, -0.2) is 14.6 Å². The smallest absolute Gasteiger partial charge is 0.163 e. The molecule has 0 amide bonds. The van der Waals surface area contributed by atoms with Crippen LogP contribution in [0.1, 0.15) is 26.3 Å². The van der Waals surface area contributed by atoms with Crippen molar-refractivity contribution in [2.45, 2.75) is 27.2 Å². The number of rotatable bonds is 1. The third-order valence-corrected chi connectivity index (χ3v) is 4.03. The molecule has 0 aliphatic carbocycles. The lowest BCUT2D eigenvalue weighted by atomic mass is 9.87. The van der Waals surface area contributed by atoms with Gasteiger partial charge in [-0.05, 0) is 34.9 Å². The van der Waals surface area contributed by atoms with Gasteiger partial charge in [0.2, 0.25) is 0 Å². The molecule has 0 fully saturated rings. The first-order valence-corrected chi connectivity index (χ1v) is 7.66. The van der Waals surface area contributed by atoms with Crippen LogP contribution in [0.15, 0.2) is 48.8 Å². The molecule has 0 atom stereocenters. The van der Waals surface area contributed by atoms with Crippen LogP contribution < -0.4 is 0 Å². The van der Waals surface area contributed by atoms with Gasteiger partial charge in [-0.1, -0.05) is 51.1 Å². The highest BCUT2D eigenvalue weighted by molar-refractivity contribution is 6.11. The quantitative estimate of drug-likeness (QED) is 0.478. The zero-order chi connectivity index (χ0) is 15.3. The number of hydrogen-bond donors (Lipinski definition) is 0. The molecule has 0 unspecified atom stereocenters. The van der Waals surface area contributed by atoms with E-state index in [0.717, 1.165) is 23.0 Å². The third kappa shape index (κ3) is 2.05. The molecule has 0 aliphatic heterocycles. The van der Waals surface area contributed by atoms with E-state index in [0.29, 0.717) is 0 Å². The minimum absolute atomic E-state index is 0.279. The summed E-state index contributed by atoms with van der Waals surface area (Å²) in [5, 5.41) is 8.05. The molecule has 2 heterocycles. The van der Waals surface area contributed by atoms with Gasteiger partial charge in [0.25, 0.3) is 0 Å². The number of pyridine rings is 1. The van der Waals surface area contributed by atoms with E-state index < -0.39 is 0 Å². The molecular weight excluding hydrogens is 270 g/mol. The summed E-state index contributed by atoms with van der Waals surface area (Å²) in [6.07, 6.45) is 2.69. The third-order valence-electron chi connectivity index (χ3n) is 4.03. The highest BCUT2D eigenvalue weighted by Crippen LogP contribution is 2.30. The number of nitrogens with zero attached hydrogens (tertiary/aromatic N) is 3. The Morgan fingerprint density at radius 3 is 2.50 bits per heavy atom. The molecule has 22 heavy (non-hydrogen) atoms. The summed E-state index contributed by atoms with van der Waals surface area (Å²) in [5.41, 5.74) is 3.68. The van der Waals surface area contributed by atoms with Crippen molar-refractivity contribution < 1.29 is 0 Å². The van der Waals surface area contributed by atoms with E-state index in [4.69, 9.17) is 0 Å². The van der Waals surface area contributed by atoms with E-state index in [1.54, 1.807) is 6.33 Å². The van der Waals surface area contributed by atoms with E-state index in [2.05, 4.69) is 73.3 Å². The second-order valence-corrected chi connectivity index (χ2v) is 7.13. The minimum Gasteiger partial charge on any atom is -0.215 e. The second kappa shape index (κ2) is 4.54. The molecule has 0 aliphatic rings. The van der Waals surface area contributed by atoms with E-state index in [-0.39, 0.29) is 5.41 Å². The Kier molecular flexibility index (Phi) is 2.73. The lowest BCUT2D eigenvalue weighted by Gasteiger charge is -2.18. The SMILES string of the molecule is CC(C)(C)Cc1ccc2c(c1)c1ccccc1c1ncnn21. The molecule has 3 heteroatoms. The maximum Gasteiger partial charge on any atom is 0.163 e. The summed E-state index contributed by atoms with van der Waals surface area (Å²) >= 11 is 0. The molecule has 3 nitrogen and oxygen atoms in total. The number of benzene rings is 2. The van der Waals surface area contributed by atoms with Crippen molar-refractivity contribution in [3.8, 4) is 0 Å². The molecule has 0 saturated carbocycles. The largest absolute Gasteiger partial charge is 0.215 e. The van der Waals surface area contributed by atoms with E-state index >= 15 is 0 Å². The first-order chi connectivity index (χ1) is 10.5. The Balaban J connectivity index is 2.11. The van der Waals surface area contributed by atoms with E-state index in [1.165, 1.54) is 16.3 Å². The average molecular weight is 289 g/mol. The van der Waals surface area contributed by atoms with Crippen LogP contribution in [0.5, 0.6) is 0 Å². The molecule has 0 bridgehead atoms. The van der Waals surface area contributed by atoms with Crippen molar-refractivity contribution in [2.75, 3.05) is 0 Å². The molecule has 2 aromatic heterocycles. The fourth-order valence-corrected chi connectivity index (χ4v) is 3.22. The Hall–Kier alpha value is -2.42. The zero-order valence-corrected chi connectivity index (χ0v) is 13.2. The van der Waals surface area contributed by atoms with Gasteiger partial charge in [0.1, 0.15) is 6.33 Å². The Bertz CT molecular complexity index is 990. The van der Waals surface area contributed by atoms with Crippen LogP contribution in [0.3, 0.4) is 0 Å². The lowest BCUT2D eigenvalue weighted by molar-refractivity contribution is 0.411. The summed E-state index contributed by atoms with van der Waals surface area (Å²) < 4.78 is 1.94. The molecule has 0 radical (unpaired) electrons. The van der Waals surface area contributed by atoms with E-state index in [1.807, 2.05) is 4.52 Å². The first-order valence-electron chi connectivity index (χ1n) is 7.66. The summed E-state index contributed by atoms with van der Waals surface area (Å²) in [6.45, 7) is 6.82. The number of hydrogen-bond acceptors (Lipinski definition) is 2. The van der Waals surface area contributed by atoms with Gasteiger partial charge in [-0.15, -0.1) is 0 Å². The summed E-state index contributed by atoms with van der Waals surface area (Å²) in [6, 6.07) is 15.1. The Morgan fingerprint density at radius 1 is 0.955 bits per heavy atom. The van der Waals surface area contributed by atoms with Crippen molar-refractivity contribution in [1.82, 2.24) is 14.6 Å². The number of fused-ring (bicyclic) bond motifs is 6. The normalized spacial score (nSPS) is 12.5. The van der Waals surface area contributed by atoms with Crippen molar-refractivity contribution in [3.05, 3.63) is 54.4 Å². The summed E-state index contributed by atoms with van der Waals surface area (Å²) in [4.78, 5) is 4.43. The predicted octanol–water partition coefficient (Wildman–Crippen LogP) is 4.62. The van der Waals surface area contributed by atoms with Crippen molar-refractivity contribution in [2.24, 2.45) is 5.41 Å². The molecule has 0 N–H and O–H groups in total. The van der Waals surface area contributed by atoms with Gasteiger partial charge < -0.3 is 0 Å². The van der Waals surface area contributed by atoms with Gasteiger partial charge >= 0.3 is 0 Å². The summed E-state index contributed by atoms with van der Waals surface area (Å²) in [5.74, 6) is 0. The minimum atomic E-state index is 0.279. The van der Waals surface area contributed by atoms with Crippen LogP contribution in [0.25, 0.3) is 27.3 Å². The molecule has 4 rings (SSSR count). The van der Waals surface area contributed by atoms with Crippen LogP contribution in [0, 0.1) is 5.41 Å². The fourth-order valence-electron chi connectivity index (χ4n) is 3.22. The molecule has 0 saturated heterocycles. The molecule has 110 valence electrons. The van der Waals surface area contributed by atoms with Gasteiger partial charge in [0.05, 0.1) is 5.52 Å². The van der Waals surface area contributed by atoms with Crippen LogP contribution in [-0.2, 0) is 6.42 Å². The van der Waals surface area contributed by atoms with Gasteiger partial charge in [0, 0.05) is 10.8 Å². The fraction of sp³-hybridized carbons (Fsp3) is 0.263. The van der Waals surface area contributed by atoms with Crippen LogP contribution in [0.4, 0.5) is 0 Å².